The molecule has 0 heterocycles. The molecule has 0 fully saturated rings. The summed E-state index contributed by atoms with van der Waals surface area (Å²) in [6, 6.07) is 4.73. The molecule has 1 unspecified atom stereocenters. The Balaban J connectivity index is 2.38. The molecule has 0 spiro atoms. The van der Waals surface area contributed by atoms with E-state index in [4.69, 9.17) is 42.1 Å². The summed E-state index contributed by atoms with van der Waals surface area (Å²) >= 11 is 12.4. The monoisotopic (exact) mass is 497 g/mol. The van der Waals surface area contributed by atoms with Crippen molar-refractivity contribution in [3.8, 4) is 23.0 Å². The normalized spacial score (nSPS) is 11.7. The molecular formula is C22H25Cl2N3O6. The highest BCUT2D eigenvalue weighted by Gasteiger charge is 2.26. The van der Waals surface area contributed by atoms with Gasteiger partial charge in [-0.25, -0.2) is 0 Å². The summed E-state index contributed by atoms with van der Waals surface area (Å²) in [6.07, 6.45) is 0. The molecule has 0 bridgehead atoms. The Kier molecular flexibility index (Phi) is 9.74. The second kappa shape index (κ2) is 12.3. The van der Waals surface area contributed by atoms with E-state index >= 15 is 0 Å². The number of nitrogens with one attached hydrogen (secondary N) is 1. The topological polar surface area (TPSA) is 108 Å². The van der Waals surface area contributed by atoms with Gasteiger partial charge in [0.25, 0.3) is 5.91 Å². The molecule has 33 heavy (non-hydrogen) atoms. The van der Waals surface area contributed by atoms with Crippen molar-refractivity contribution in [3.63, 3.8) is 0 Å². The lowest BCUT2D eigenvalue weighted by molar-refractivity contribution is -0.126. The average molecular weight is 498 g/mol. The van der Waals surface area contributed by atoms with Crippen molar-refractivity contribution < 1.29 is 28.5 Å². The molecule has 0 aliphatic rings. The first-order valence-corrected chi connectivity index (χ1v) is 10.7. The largest absolute Gasteiger partial charge is 0.494 e. The van der Waals surface area contributed by atoms with Gasteiger partial charge in [0.05, 0.1) is 27.4 Å². The molecule has 0 radical (unpaired) electrons. The number of ketones is 1. The lowest BCUT2D eigenvalue weighted by Gasteiger charge is -2.16. The van der Waals surface area contributed by atoms with Crippen LogP contribution in [0.25, 0.3) is 0 Å². The number of azo groups is 1. The molecule has 2 aromatic carbocycles. The Morgan fingerprint density at radius 1 is 1.00 bits per heavy atom. The van der Waals surface area contributed by atoms with Crippen LogP contribution in [0.15, 0.2) is 34.5 Å². The van der Waals surface area contributed by atoms with Crippen LogP contribution in [0.4, 0.5) is 11.4 Å². The van der Waals surface area contributed by atoms with Gasteiger partial charge in [0.15, 0.2) is 11.5 Å². The van der Waals surface area contributed by atoms with Gasteiger partial charge < -0.3 is 24.3 Å². The van der Waals surface area contributed by atoms with E-state index in [0.717, 1.165) is 0 Å². The van der Waals surface area contributed by atoms with Gasteiger partial charge in [-0.05, 0) is 32.9 Å². The molecule has 0 aromatic heterocycles. The lowest BCUT2D eigenvalue weighted by Crippen LogP contribution is -2.32. The lowest BCUT2D eigenvalue weighted by atomic mass is 10.2. The van der Waals surface area contributed by atoms with E-state index in [1.165, 1.54) is 33.3 Å². The van der Waals surface area contributed by atoms with Gasteiger partial charge in [-0.2, -0.15) is 10.2 Å². The standard InChI is InChI=1S/C22H25Cl2N3O6/c1-6-32-15-9-8-14(21(18(15)24)33-7-2)26-27-19(12(3)28)22(29)25-20-16(30-4)10-13(23)11-17(20)31-5/h8-11,19H,6-7H2,1-5H3,(H,25,29). The van der Waals surface area contributed by atoms with E-state index < -0.39 is 17.7 Å². The Bertz CT molecular complexity index is 1020. The molecule has 2 rings (SSSR count). The highest BCUT2D eigenvalue weighted by Crippen LogP contribution is 2.42. The molecule has 0 aliphatic carbocycles. The molecule has 9 nitrogen and oxygen atoms in total. The van der Waals surface area contributed by atoms with Crippen LogP contribution in [-0.2, 0) is 9.59 Å². The number of nitrogens with zero attached hydrogens (tertiary/aromatic N) is 2. The van der Waals surface area contributed by atoms with Crippen LogP contribution in [0.1, 0.15) is 20.8 Å². The van der Waals surface area contributed by atoms with Gasteiger partial charge in [-0.3, -0.25) is 9.59 Å². The number of hydrogen-bond acceptors (Lipinski definition) is 8. The number of methoxy groups -OCH3 is 2. The van der Waals surface area contributed by atoms with Gasteiger partial charge in [0.1, 0.15) is 33.6 Å². The number of anilines is 1. The number of amides is 1. The minimum atomic E-state index is -1.45. The number of carbonyl (C=O) groups excluding carboxylic acids is 2. The molecule has 2 aromatic rings. The number of carbonyl (C=O) groups is 2. The minimum Gasteiger partial charge on any atom is -0.494 e. The van der Waals surface area contributed by atoms with Crippen LogP contribution in [0.2, 0.25) is 10.0 Å². The summed E-state index contributed by atoms with van der Waals surface area (Å²) in [5.74, 6) is -0.104. The fourth-order valence-electron chi connectivity index (χ4n) is 2.79. The van der Waals surface area contributed by atoms with Crippen molar-refractivity contribution in [2.45, 2.75) is 26.8 Å². The van der Waals surface area contributed by atoms with E-state index in [9.17, 15) is 9.59 Å². The minimum absolute atomic E-state index is 0.204. The maximum atomic E-state index is 12.9. The highest BCUT2D eigenvalue weighted by molar-refractivity contribution is 6.34. The summed E-state index contributed by atoms with van der Waals surface area (Å²) in [5, 5.41) is 11.2. The van der Waals surface area contributed by atoms with Crippen molar-refractivity contribution in [3.05, 3.63) is 34.3 Å². The van der Waals surface area contributed by atoms with E-state index in [1.54, 1.807) is 19.1 Å². The number of Topliss-reactive ketones (excluding diaryl/α,β-unsaturated/α-hetero) is 1. The smallest absolute Gasteiger partial charge is 0.259 e. The fourth-order valence-corrected chi connectivity index (χ4v) is 3.26. The van der Waals surface area contributed by atoms with Gasteiger partial charge in [-0.15, -0.1) is 0 Å². The van der Waals surface area contributed by atoms with E-state index in [-0.39, 0.29) is 33.6 Å². The first kappa shape index (κ1) is 26.2. The zero-order chi connectivity index (χ0) is 24.5. The molecule has 1 N–H and O–H groups in total. The second-order valence-corrected chi connectivity index (χ2v) is 7.31. The van der Waals surface area contributed by atoms with Crippen molar-refractivity contribution in [2.24, 2.45) is 10.2 Å². The second-order valence-electron chi connectivity index (χ2n) is 6.50. The van der Waals surface area contributed by atoms with Crippen LogP contribution < -0.4 is 24.3 Å². The molecule has 11 heteroatoms. The van der Waals surface area contributed by atoms with Crippen LogP contribution in [-0.4, -0.2) is 45.2 Å². The van der Waals surface area contributed by atoms with Crippen molar-refractivity contribution in [1.29, 1.82) is 0 Å². The number of benzene rings is 2. The highest BCUT2D eigenvalue weighted by atomic mass is 35.5. The number of ether oxygens (including phenoxy) is 4. The van der Waals surface area contributed by atoms with E-state index in [1.807, 2.05) is 6.92 Å². The predicted octanol–water partition coefficient (Wildman–Crippen LogP) is 5.49. The van der Waals surface area contributed by atoms with E-state index in [2.05, 4.69) is 15.5 Å². The zero-order valence-corrected chi connectivity index (χ0v) is 20.4. The molecule has 0 saturated carbocycles. The molecule has 0 aliphatic heterocycles. The zero-order valence-electron chi connectivity index (χ0n) is 18.9. The molecule has 1 atom stereocenters. The maximum absolute atomic E-state index is 12.9. The summed E-state index contributed by atoms with van der Waals surface area (Å²) in [7, 11) is 2.82. The third-order valence-electron chi connectivity index (χ3n) is 4.26. The first-order valence-electron chi connectivity index (χ1n) is 9.99. The summed E-state index contributed by atoms with van der Waals surface area (Å²) < 4.78 is 21.6. The first-order chi connectivity index (χ1) is 15.8. The quantitative estimate of drug-likeness (QED) is 0.324. The number of rotatable bonds is 11. The number of hydrogen-bond donors (Lipinski definition) is 1. The molecule has 178 valence electrons. The van der Waals surface area contributed by atoms with Crippen LogP contribution in [0, 0.1) is 0 Å². The Morgan fingerprint density at radius 3 is 2.12 bits per heavy atom. The van der Waals surface area contributed by atoms with Gasteiger partial charge in [0.2, 0.25) is 6.04 Å². The SMILES string of the molecule is CCOc1ccc(N=NC(C(C)=O)C(=O)Nc2c(OC)cc(Cl)cc2OC)c(OCC)c1Cl. The average Bonchev–Trinajstić information content (AvgIpc) is 2.78. The van der Waals surface area contributed by atoms with E-state index in [0.29, 0.717) is 24.0 Å². The Hall–Kier alpha value is -3.04. The van der Waals surface area contributed by atoms with Crippen LogP contribution in [0.3, 0.4) is 0 Å². The van der Waals surface area contributed by atoms with Crippen molar-refractivity contribution in [1.82, 2.24) is 0 Å². The summed E-state index contributed by atoms with van der Waals surface area (Å²) in [4.78, 5) is 25.1. The van der Waals surface area contributed by atoms with Gasteiger partial charge in [-0.1, -0.05) is 23.2 Å². The number of halogens is 2. The Labute approximate surface area is 202 Å². The predicted molar refractivity (Wildman–Crippen MR) is 126 cm³/mol. The third kappa shape index (κ3) is 6.49. The van der Waals surface area contributed by atoms with Gasteiger partial charge >= 0.3 is 0 Å². The maximum Gasteiger partial charge on any atom is 0.259 e. The van der Waals surface area contributed by atoms with Crippen molar-refractivity contribution in [2.75, 3.05) is 32.8 Å². The third-order valence-corrected chi connectivity index (χ3v) is 4.84. The van der Waals surface area contributed by atoms with Crippen LogP contribution in [0.5, 0.6) is 23.0 Å². The molecule has 0 saturated heterocycles. The molecule has 1 amide bonds. The summed E-state index contributed by atoms with van der Waals surface area (Å²) in [6.45, 7) is 5.56. The van der Waals surface area contributed by atoms with Crippen molar-refractivity contribution >= 4 is 46.3 Å². The summed E-state index contributed by atoms with van der Waals surface area (Å²) in [5.41, 5.74) is 0.445. The fraction of sp³-hybridized carbons (Fsp3) is 0.364. The van der Waals surface area contributed by atoms with Gasteiger partial charge in [0, 0.05) is 17.2 Å². The molecular weight excluding hydrogens is 473 g/mol. The Morgan fingerprint density at radius 2 is 1.61 bits per heavy atom. The van der Waals surface area contributed by atoms with Crippen LogP contribution >= 0.6 is 23.2 Å².